The number of ether oxygens (including phenoxy) is 2. The van der Waals surface area contributed by atoms with E-state index in [0.717, 1.165) is 17.6 Å². The Kier molecular flexibility index (Phi) is 4.93. The van der Waals surface area contributed by atoms with Crippen LogP contribution in [0.4, 0.5) is 5.69 Å². The van der Waals surface area contributed by atoms with Crippen LogP contribution in [0.3, 0.4) is 0 Å². The molecule has 2 N–H and O–H groups in total. The van der Waals surface area contributed by atoms with Crippen molar-refractivity contribution < 1.29 is 14.6 Å². The van der Waals surface area contributed by atoms with Crippen LogP contribution in [0.2, 0.25) is 0 Å². The topological polar surface area (TPSA) is 104 Å². The van der Waals surface area contributed by atoms with Gasteiger partial charge < -0.3 is 24.8 Å². The molecule has 0 amide bonds. The van der Waals surface area contributed by atoms with Crippen LogP contribution in [0, 0.1) is 11.3 Å². The smallest absolute Gasteiger partial charge is 0.166 e. The van der Waals surface area contributed by atoms with Gasteiger partial charge in [-0.2, -0.15) is 5.26 Å². The first-order valence-corrected chi connectivity index (χ1v) is 9.13. The molecule has 8 nitrogen and oxygen atoms in total. The Morgan fingerprint density at radius 1 is 1.41 bits per heavy atom. The maximum Gasteiger partial charge on any atom is 0.166 e. The molecule has 0 aromatic carbocycles. The Balaban J connectivity index is 1.50. The molecule has 8 heteroatoms. The number of morpholine rings is 1. The van der Waals surface area contributed by atoms with E-state index < -0.39 is 5.60 Å². The van der Waals surface area contributed by atoms with E-state index in [2.05, 4.69) is 26.3 Å². The molecule has 2 aromatic rings. The average Bonchev–Trinajstić information content (AvgIpc) is 2.65. The highest BCUT2D eigenvalue weighted by Gasteiger charge is 2.36. The minimum atomic E-state index is -0.751. The van der Waals surface area contributed by atoms with E-state index in [0.29, 0.717) is 44.1 Å². The Morgan fingerprint density at radius 2 is 2.26 bits per heavy atom. The van der Waals surface area contributed by atoms with Crippen molar-refractivity contribution >= 4 is 16.6 Å². The van der Waals surface area contributed by atoms with Gasteiger partial charge in [-0.05, 0) is 19.1 Å². The van der Waals surface area contributed by atoms with Crippen LogP contribution in [0.1, 0.15) is 12.6 Å². The van der Waals surface area contributed by atoms with E-state index >= 15 is 0 Å². The summed E-state index contributed by atoms with van der Waals surface area (Å²) >= 11 is 0. The molecule has 4 rings (SSSR count). The van der Waals surface area contributed by atoms with Gasteiger partial charge in [-0.3, -0.25) is 4.98 Å². The van der Waals surface area contributed by atoms with Crippen molar-refractivity contribution in [3.8, 4) is 6.07 Å². The molecule has 2 fully saturated rings. The molecule has 0 radical (unpaired) electrons. The second kappa shape index (κ2) is 7.37. The predicted octanol–water partition coefficient (Wildman–Crippen LogP) is 0.446. The van der Waals surface area contributed by atoms with Crippen LogP contribution in [0.25, 0.3) is 10.9 Å². The molecule has 4 heterocycles. The number of hydrogen-bond acceptors (Lipinski definition) is 8. The summed E-state index contributed by atoms with van der Waals surface area (Å²) in [6.07, 6.45) is 3.47. The van der Waals surface area contributed by atoms with Crippen molar-refractivity contribution in [2.24, 2.45) is 0 Å². The molecule has 142 valence electrons. The van der Waals surface area contributed by atoms with Gasteiger partial charge in [-0.1, -0.05) is 0 Å². The van der Waals surface area contributed by atoms with Gasteiger partial charge in [0.1, 0.15) is 17.2 Å². The van der Waals surface area contributed by atoms with Crippen molar-refractivity contribution in [2.45, 2.75) is 24.7 Å². The van der Waals surface area contributed by atoms with Crippen LogP contribution in [0.15, 0.2) is 24.5 Å². The summed E-state index contributed by atoms with van der Waals surface area (Å²) in [5.41, 5.74) is 1.17. The molecule has 0 bridgehead atoms. The molecule has 2 aliphatic heterocycles. The number of pyridine rings is 2. The number of aromatic nitrogens is 2. The van der Waals surface area contributed by atoms with Gasteiger partial charge in [0.05, 0.1) is 37.3 Å². The molecule has 0 saturated carbocycles. The zero-order chi connectivity index (χ0) is 18.9. The molecular formula is C19H23N5O3. The maximum absolute atomic E-state index is 10.1. The summed E-state index contributed by atoms with van der Waals surface area (Å²) in [7, 11) is 0. The summed E-state index contributed by atoms with van der Waals surface area (Å²) in [5.74, 6) is 0. The first kappa shape index (κ1) is 18.1. The Bertz CT molecular complexity index is 864. The zero-order valence-electron chi connectivity index (χ0n) is 15.3. The summed E-state index contributed by atoms with van der Waals surface area (Å²) in [4.78, 5) is 10.9. The number of hydrogen-bond donors (Lipinski definition) is 2. The Hall–Kier alpha value is -2.31. The fourth-order valence-corrected chi connectivity index (χ4v) is 3.65. The van der Waals surface area contributed by atoms with E-state index in [1.54, 1.807) is 12.4 Å². The van der Waals surface area contributed by atoms with E-state index in [9.17, 15) is 10.4 Å². The van der Waals surface area contributed by atoms with Crippen LogP contribution in [0.5, 0.6) is 0 Å². The fourth-order valence-electron chi connectivity index (χ4n) is 3.65. The van der Waals surface area contributed by atoms with Gasteiger partial charge in [-0.25, -0.2) is 4.98 Å². The highest BCUT2D eigenvalue weighted by atomic mass is 16.5. The molecule has 0 spiro atoms. The molecule has 2 atom stereocenters. The Morgan fingerprint density at radius 3 is 3.00 bits per heavy atom. The highest BCUT2D eigenvalue weighted by molar-refractivity contribution is 5.93. The quantitative estimate of drug-likeness (QED) is 0.783. The maximum atomic E-state index is 10.1. The standard InChI is InChI=1S/C19H23N5O3/c1-13-8-24(9-14(27-13)6-21-10-19(25)11-26-12-19)17-7-23-16(5-20)18-15(17)3-2-4-22-18/h2-4,7,13-14,21,25H,6,8-12H2,1H3. The zero-order valence-corrected chi connectivity index (χ0v) is 15.3. The third-order valence-corrected chi connectivity index (χ3v) is 4.96. The third-order valence-electron chi connectivity index (χ3n) is 4.96. The van der Waals surface area contributed by atoms with Gasteiger partial charge >= 0.3 is 0 Å². The minimum absolute atomic E-state index is 0.0132. The summed E-state index contributed by atoms with van der Waals surface area (Å²) in [6, 6.07) is 5.95. The number of aliphatic hydroxyl groups is 1. The van der Waals surface area contributed by atoms with E-state index in [1.165, 1.54) is 0 Å². The highest BCUT2D eigenvalue weighted by Crippen LogP contribution is 2.28. The fraction of sp³-hybridized carbons (Fsp3) is 0.526. The molecular weight excluding hydrogens is 346 g/mol. The second-order valence-electron chi connectivity index (χ2n) is 7.33. The SMILES string of the molecule is CC1CN(c2cnc(C#N)c3ncccc23)CC(CNCC2(O)COC2)O1. The van der Waals surface area contributed by atoms with Crippen molar-refractivity contribution in [1.82, 2.24) is 15.3 Å². The van der Waals surface area contributed by atoms with Gasteiger partial charge in [0, 0.05) is 37.8 Å². The van der Waals surface area contributed by atoms with E-state index in [4.69, 9.17) is 9.47 Å². The Labute approximate surface area is 157 Å². The average molecular weight is 369 g/mol. The summed E-state index contributed by atoms with van der Waals surface area (Å²) in [5, 5.41) is 23.6. The third kappa shape index (κ3) is 3.73. The summed E-state index contributed by atoms with van der Waals surface area (Å²) in [6.45, 7) is 5.38. The van der Waals surface area contributed by atoms with Crippen molar-refractivity contribution in [3.05, 3.63) is 30.2 Å². The van der Waals surface area contributed by atoms with E-state index in [1.807, 2.05) is 19.1 Å². The van der Waals surface area contributed by atoms with Crippen LogP contribution < -0.4 is 10.2 Å². The number of anilines is 1. The van der Waals surface area contributed by atoms with Crippen LogP contribution in [-0.4, -0.2) is 72.3 Å². The van der Waals surface area contributed by atoms with Gasteiger partial charge in [0.15, 0.2) is 5.69 Å². The monoisotopic (exact) mass is 369 g/mol. The van der Waals surface area contributed by atoms with Crippen LogP contribution in [-0.2, 0) is 9.47 Å². The van der Waals surface area contributed by atoms with Crippen molar-refractivity contribution in [2.75, 3.05) is 44.3 Å². The lowest BCUT2D eigenvalue weighted by molar-refractivity contribution is -0.175. The van der Waals surface area contributed by atoms with Gasteiger partial charge in [0.25, 0.3) is 0 Å². The number of rotatable bonds is 5. The molecule has 27 heavy (non-hydrogen) atoms. The van der Waals surface area contributed by atoms with Crippen molar-refractivity contribution in [3.63, 3.8) is 0 Å². The second-order valence-corrected chi connectivity index (χ2v) is 7.33. The summed E-state index contributed by atoms with van der Waals surface area (Å²) < 4.78 is 11.1. The minimum Gasteiger partial charge on any atom is -0.384 e. The molecule has 2 saturated heterocycles. The molecule has 2 unspecified atom stereocenters. The van der Waals surface area contributed by atoms with Gasteiger partial charge in [-0.15, -0.1) is 0 Å². The first-order chi connectivity index (χ1) is 13.1. The number of nitrogens with one attached hydrogen (secondary N) is 1. The normalized spacial score (nSPS) is 24.4. The van der Waals surface area contributed by atoms with Crippen LogP contribution >= 0.6 is 0 Å². The number of nitrogens with zero attached hydrogens (tertiary/aromatic N) is 4. The number of fused-ring (bicyclic) bond motifs is 1. The number of nitriles is 1. The van der Waals surface area contributed by atoms with E-state index in [-0.39, 0.29) is 12.2 Å². The predicted molar refractivity (Wildman–Crippen MR) is 99.4 cm³/mol. The lowest BCUT2D eigenvalue weighted by atomic mass is 10.0. The molecule has 0 aliphatic carbocycles. The van der Waals surface area contributed by atoms with Gasteiger partial charge in [0.2, 0.25) is 0 Å². The first-order valence-electron chi connectivity index (χ1n) is 9.13. The van der Waals surface area contributed by atoms with Crippen molar-refractivity contribution in [1.29, 1.82) is 5.26 Å². The molecule has 2 aromatic heterocycles. The largest absolute Gasteiger partial charge is 0.384 e. The molecule has 2 aliphatic rings. The lowest BCUT2D eigenvalue weighted by Gasteiger charge is -2.40. The lowest BCUT2D eigenvalue weighted by Crippen LogP contribution is -2.58.